The predicted octanol–water partition coefficient (Wildman–Crippen LogP) is 1.72. The average molecular weight is 193 g/mol. The zero-order chi connectivity index (χ0) is 9.40. The molecule has 0 aromatic rings. The van der Waals surface area contributed by atoms with E-state index in [2.05, 4.69) is 4.74 Å². The summed E-state index contributed by atoms with van der Waals surface area (Å²) in [6, 6.07) is 0. The summed E-state index contributed by atoms with van der Waals surface area (Å²) in [6.45, 7) is 3.92. The van der Waals surface area contributed by atoms with Crippen molar-refractivity contribution in [3.63, 3.8) is 0 Å². The minimum absolute atomic E-state index is 0.304. The molecular formula is C7H14O4P+. The van der Waals surface area contributed by atoms with Crippen molar-refractivity contribution in [1.82, 2.24) is 0 Å². The number of ether oxygens (including phenoxy) is 1. The van der Waals surface area contributed by atoms with Gasteiger partial charge in [-0.25, -0.2) is 0 Å². The van der Waals surface area contributed by atoms with Crippen LogP contribution in [0.15, 0.2) is 0 Å². The molecule has 0 N–H and O–H groups in total. The molecule has 12 heavy (non-hydrogen) atoms. The zero-order valence-corrected chi connectivity index (χ0v) is 8.30. The second-order valence-corrected chi connectivity index (χ2v) is 3.54. The normalized spacial score (nSPS) is 11.0. The number of hydrogen-bond donors (Lipinski definition) is 0. The molecule has 0 radical (unpaired) electrons. The van der Waals surface area contributed by atoms with Crippen LogP contribution < -0.4 is 0 Å². The molecule has 4 nitrogen and oxygen atoms in total. The van der Waals surface area contributed by atoms with Gasteiger partial charge in [0.05, 0.1) is 13.2 Å². The van der Waals surface area contributed by atoms with E-state index < -0.39 is 8.03 Å². The van der Waals surface area contributed by atoms with Gasteiger partial charge in [0.2, 0.25) is 0 Å². The van der Waals surface area contributed by atoms with Gasteiger partial charge < -0.3 is 4.74 Å². The number of carbonyl (C=O) groups is 1. The molecule has 0 aromatic heterocycles. The van der Waals surface area contributed by atoms with E-state index in [1.54, 1.807) is 6.92 Å². The lowest BCUT2D eigenvalue weighted by Gasteiger charge is -1.95. The molecule has 0 saturated heterocycles. The van der Waals surface area contributed by atoms with Gasteiger partial charge in [-0.3, -0.25) is 4.79 Å². The van der Waals surface area contributed by atoms with E-state index in [1.807, 2.05) is 0 Å². The third-order valence-corrected chi connectivity index (χ3v) is 2.29. The Kier molecular flexibility index (Phi) is 6.91. The maximum atomic E-state index is 10.9. The van der Waals surface area contributed by atoms with E-state index in [4.69, 9.17) is 4.52 Å². The zero-order valence-electron chi connectivity index (χ0n) is 7.41. The van der Waals surface area contributed by atoms with Crippen molar-refractivity contribution in [3.8, 4) is 0 Å². The molecule has 5 heteroatoms. The Balaban J connectivity index is 3.19. The summed E-state index contributed by atoms with van der Waals surface area (Å²) in [5, 5.41) is 0. The molecule has 0 saturated carbocycles. The quantitative estimate of drug-likeness (QED) is 0.366. The Labute approximate surface area is 73.1 Å². The molecule has 0 amide bonds. The van der Waals surface area contributed by atoms with Crippen molar-refractivity contribution in [2.45, 2.75) is 20.3 Å². The van der Waals surface area contributed by atoms with Crippen molar-refractivity contribution in [3.05, 3.63) is 0 Å². The first-order valence-electron chi connectivity index (χ1n) is 3.87. The molecule has 0 rings (SSSR count). The molecule has 1 unspecified atom stereocenters. The Morgan fingerprint density at radius 2 is 2.17 bits per heavy atom. The van der Waals surface area contributed by atoms with Gasteiger partial charge in [0, 0.05) is 13.3 Å². The molecule has 0 aliphatic rings. The summed E-state index contributed by atoms with van der Waals surface area (Å²) in [4.78, 5) is 10.3. The van der Waals surface area contributed by atoms with Crippen LogP contribution in [-0.4, -0.2) is 25.3 Å². The van der Waals surface area contributed by atoms with Crippen molar-refractivity contribution >= 4 is 14.0 Å². The standard InChI is InChI=1S/C7H14O4P/c1-3-11-12(9)6-4-5-10-7(2)8/h3-6H2,1-2H3/q+1. The molecule has 0 spiro atoms. The first-order valence-corrected chi connectivity index (χ1v) is 5.24. The molecule has 0 aliphatic heterocycles. The number of rotatable bonds is 6. The molecule has 1 atom stereocenters. The molecule has 0 fully saturated rings. The van der Waals surface area contributed by atoms with Crippen LogP contribution in [-0.2, 0) is 18.6 Å². The highest BCUT2D eigenvalue weighted by Crippen LogP contribution is 2.22. The van der Waals surface area contributed by atoms with Gasteiger partial charge in [-0.05, 0) is 11.5 Å². The van der Waals surface area contributed by atoms with Gasteiger partial charge in [0.15, 0.2) is 6.16 Å². The second-order valence-electron chi connectivity index (χ2n) is 2.17. The van der Waals surface area contributed by atoms with Crippen molar-refractivity contribution in [2.75, 3.05) is 19.4 Å². The Bertz CT molecular complexity index is 157. The smallest absolute Gasteiger partial charge is 0.466 e. The maximum Gasteiger partial charge on any atom is 0.508 e. The summed E-state index contributed by atoms with van der Waals surface area (Å²) in [6.07, 6.45) is 1.05. The highest BCUT2D eigenvalue weighted by atomic mass is 31.1. The minimum Gasteiger partial charge on any atom is -0.466 e. The van der Waals surface area contributed by atoms with Crippen molar-refractivity contribution in [2.24, 2.45) is 0 Å². The lowest BCUT2D eigenvalue weighted by atomic mass is 10.5. The largest absolute Gasteiger partial charge is 0.508 e. The molecule has 0 bridgehead atoms. The van der Waals surface area contributed by atoms with E-state index in [1.165, 1.54) is 6.92 Å². The van der Waals surface area contributed by atoms with Crippen molar-refractivity contribution in [1.29, 1.82) is 0 Å². The lowest BCUT2D eigenvalue weighted by molar-refractivity contribution is -0.140. The topological polar surface area (TPSA) is 52.6 Å². The van der Waals surface area contributed by atoms with Gasteiger partial charge in [0.25, 0.3) is 0 Å². The van der Waals surface area contributed by atoms with E-state index >= 15 is 0 Å². The van der Waals surface area contributed by atoms with Crippen LogP contribution in [0, 0.1) is 0 Å². The van der Waals surface area contributed by atoms with Gasteiger partial charge >= 0.3 is 14.0 Å². The van der Waals surface area contributed by atoms with Gasteiger partial charge in [-0.15, -0.1) is 4.52 Å². The van der Waals surface area contributed by atoms with Crippen LogP contribution in [0.2, 0.25) is 0 Å². The number of esters is 1. The molecule has 0 aliphatic carbocycles. The van der Waals surface area contributed by atoms with Crippen LogP contribution in [0.4, 0.5) is 0 Å². The van der Waals surface area contributed by atoms with Gasteiger partial charge in [-0.1, -0.05) is 0 Å². The highest BCUT2D eigenvalue weighted by Gasteiger charge is 2.14. The first kappa shape index (κ1) is 11.5. The van der Waals surface area contributed by atoms with Crippen LogP contribution in [0.1, 0.15) is 20.3 Å². The van der Waals surface area contributed by atoms with Crippen molar-refractivity contribution < 1.29 is 18.6 Å². The van der Waals surface area contributed by atoms with Crippen LogP contribution >= 0.6 is 8.03 Å². The number of hydrogen-bond acceptors (Lipinski definition) is 4. The fourth-order valence-corrected chi connectivity index (χ4v) is 1.42. The monoisotopic (exact) mass is 193 g/mol. The Morgan fingerprint density at radius 1 is 1.50 bits per heavy atom. The lowest BCUT2D eigenvalue weighted by Crippen LogP contribution is -2.01. The summed E-state index contributed by atoms with van der Waals surface area (Å²) in [5.74, 6) is -0.304. The Hall–Kier alpha value is -0.470. The predicted molar refractivity (Wildman–Crippen MR) is 45.3 cm³/mol. The molecule has 70 valence electrons. The van der Waals surface area contributed by atoms with Crippen LogP contribution in [0.25, 0.3) is 0 Å². The van der Waals surface area contributed by atoms with E-state index in [0.717, 1.165) is 0 Å². The minimum atomic E-state index is -1.55. The van der Waals surface area contributed by atoms with Crippen LogP contribution in [0.3, 0.4) is 0 Å². The average Bonchev–Trinajstić information content (AvgIpc) is 1.98. The third kappa shape index (κ3) is 7.63. The number of carbonyl (C=O) groups excluding carboxylic acids is 1. The Morgan fingerprint density at radius 3 is 2.67 bits per heavy atom. The maximum absolute atomic E-state index is 10.9. The summed E-state index contributed by atoms with van der Waals surface area (Å²) in [7, 11) is -1.55. The summed E-state index contributed by atoms with van der Waals surface area (Å²) < 4.78 is 20.3. The van der Waals surface area contributed by atoms with Gasteiger partial charge in [-0.2, -0.15) is 0 Å². The summed E-state index contributed by atoms with van der Waals surface area (Å²) >= 11 is 0. The summed E-state index contributed by atoms with van der Waals surface area (Å²) in [5.41, 5.74) is 0. The molecule has 0 heterocycles. The fourth-order valence-electron chi connectivity index (χ4n) is 0.618. The van der Waals surface area contributed by atoms with Crippen LogP contribution in [0.5, 0.6) is 0 Å². The van der Waals surface area contributed by atoms with E-state index in [9.17, 15) is 9.36 Å². The van der Waals surface area contributed by atoms with E-state index in [0.29, 0.717) is 25.8 Å². The SMILES string of the molecule is CCO[P+](=O)CCCOC(C)=O. The second kappa shape index (κ2) is 7.19. The molecular weight excluding hydrogens is 179 g/mol. The fraction of sp³-hybridized carbons (Fsp3) is 0.857. The van der Waals surface area contributed by atoms with Gasteiger partial charge in [0.1, 0.15) is 0 Å². The van der Waals surface area contributed by atoms with E-state index in [-0.39, 0.29) is 5.97 Å². The first-order chi connectivity index (χ1) is 5.66. The highest BCUT2D eigenvalue weighted by molar-refractivity contribution is 7.39. The molecule has 0 aromatic carbocycles. The third-order valence-electron chi connectivity index (χ3n) is 1.06.